The molecule has 0 unspecified atom stereocenters. The molecular weight excluding hydrogens is 753 g/mol. The van der Waals surface area contributed by atoms with Crippen LogP contribution in [0.3, 0.4) is 0 Å². The monoisotopic (exact) mass is 818 g/mol. The molecule has 0 N–H and O–H groups in total. The molecule has 0 aliphatic heterocycles. The third-order valence-corrected chi connectivity index (χ3v) is 15.1. The number of rotatable bonds is 26. The Morgan fingerprint density at radius 2 is 0.789 bits per heavy atom. The van der Waals surface area contributed by atoms with E-state index < -0.39 is 24.1 Å². The number of unbranched alkanes of at least 4 members (excludes halogenated alkanes) is 18. The maximum atomic E-state index is 14.4. The maximum Gasteiger partial charge on any atom is 0.504 e. The predicted molar refractivity (Wildman–Crippen MR) is 235 cm³/mol. The van der Waals surface area contributed by atoms with Gasteiger partial charge in [0.1, 0.15) is 11.5 Å². The Kier molecular flexibility index (Phi) is 19.1. The van der Waals surface area contributed by atoms with Gasteiger partial charge in [-0.15, -0.1) is 4.79 Å². The van der Waals surface area contributed by atoms with Crippen molar-refractivity contribution in [3.05, 3.63) is 77.3 Å². The largest absolute Gasteiger partial charge is 0.504 e. The van der Waals surface area contributed by atoms with Crippen LogP contribution in [0, 0.1) is 13.8 Å². The second-order valence-corrected chi connectivity index (χ2v) is 19.5. The first kappa shape index (κ1) is 46.0. The Labute approximate surface area is 343 Å². The van der Waals surface area contributed by atoms with Gasteiger partial charge in [0.2, 0.25) is 0 Å². The summed E-state index contributed by atoms with van der Waals surface area (Å²) in [5.74, 6) is 1.11. The van der Waals surface area contributed by atoms with Crippen molar-refractivity contribution < 1.29 is 31.1 Å². The van der Waals surface area contributed by atoms with E-state index in [1.165, 1.54) is 102 Å². The molecule has 8 nitrogen and oxygen atoms in total. The molecule has 0 radical (unpaired) electrons. The normalized spacial score (nSPS) is 11.9. The molecule has 57 heavy (non-hydrogen) atoms. The summed E-state index contributed by atoms with van der Waals surface area (Å²) >= 11 is 0. The number of nitrogens with zero attached hydrogens (tertiary/aromatic N) is 2. The van der Waals surface area contributed by atoms with E-state index in [4.69, 9.17) is 9.47 Å². The molecule has 0 aliphatic rings. The highest BCUT2D eigenvalue weighted by atomic mass is 32.3. The third kappa shape index (κ3) is 12.6. The van der Waals surface area contributed by atoms with Gasteiger partial charge in [0.25, 0.3) is 19.7 Å². The van der Waals surface area contributed by atoms with Gasteiger partial charge in [-0.2, -0.15) is 0 Å². The van der Waals surface area contributed by atoms with Crippen molar-refractivity contribution in [3.63, 3.8) is 0 Å². The maximum absolute atomic E-state index is 14.4. The van der Waals surface area contributed by atoms with Gasteiger partial charge in [-0.25, -0.2) is 16.8 Å². The van der Waals surface area contributed by atoms with Crippen LogP contribution in [0.4, 0.5) is 0 Å². The van der Waals surface area contributed by atoms with Gasteiger partial charge in [0, 0.05) is 21.5 Å². The molecule has 4 rings (SSSR count). The zero-order valence-corrected chi connectivity index (χ0v) is 36.6. The van der Waals surface area contributed by atoms with Crippen LogP contribution in [0.25, 0.3) is 27.1 Å². The summed E-state index contributed by atoms with van der Waals surface area (Å²) in [5, 5.41) is 1.66. The van der Waals surface area contributed by atoms with Crippen molar-refractivity contribution in [3.8, 4) is 11.5 Å². The van der Waals surface area contributed by atoms with Crippen molar-refractivity contribution in [2.24, 2.45) is 0 Å². The van der Waals surface area contributed by atoms with Crippen molar-refractivity contribution in [2.45, 2.75) is 166 Å². The molecule has 0 amide bonds. The number of fused-ring (bicyclic) bond motifs is 2. The lowest BCUT2D eigenvalue weighted by Crippen LogP contribution is -2.27. The van der Waals surface area contributed by atoms with Crippen molar-refractivity contribution in [2.75, 3.05) is 13.2 Å². The van der Waals surface area contributed by atoms with Gasteiger partial charge in [-0.3, -0.25) is 0 Å². The molecule has 0 aromatic heterocycles. The van der Waals surface area contributed by atoms with Crippen LogP contribution < -0.4 is 9.47 Å². The van der Waals surface area contributed by atoms with Crippen LogP contribution in [-0.4, -0.2) is 39.2 Å². The first-order valence-electron chi connectivity index (χ1n) is 21.6. The van der Waals surface area contributed by atoms with Gasteiger partial charge in [-0.05, 0) is 49.9 Å². The standard InChI is InChI=1S/C47H66N2O6S2/c1-5-7-9-11-13-15-17-19-21-27-33-54-45-37(3)35-43(39-29-23-25-31-41(39)45)56(50,51)47(49-48)57(52,53)44-36-38(4)46(42-32-26-24-30-40(42)44)55-34-28-22-20-18-16-14-12-10-8-6-2/h23-26,29-32,35-36H,5-22,27-28,33-34H2,1-4H3. The smallest absolute Gasteiger partial charge is 0.493 e. The molecule has 0 spiro atoms. The van der Waals surface area contributed by atoms with E-state index in [0.717, 1.165) is 38.5 Å². The molecule has 0 saturated heterocycles. The Morgan fingerprint density at radius 1 is 0.491 bits per heavy atom. The second-order valence-electron chi connectivity index (χ2n) is 15.6. The molecule has 0 atom stereocenters. The average molecular weight is 819 g/mol. The number of hydrogen-bond donors (Lipinski definition) is 0. The van der Waals surface area contributed by atoms with Gasteiger partial charge in [-0.1, -0.05) is 178 Å². The fraction of sp³-hybridized carbons (Fsp3) is 0.553. The minimum atomic E-state index is -4.87. The summed E-state index contributed by atoms with van der Waals surface area (Å²) in [4.78, 5) is 2.46. The zero-order valence-electron chi connectivity index (χ0n) is 35.0. The van der Waals surface area contributed by atoms with E-state index >= 15 is 0 Å². The molecule has 4 aromatic rings. The quantitative estimate of drug-likeness (QED) is 0.0204. The number of aryl methyl sites for hydroxylation is 2. The molecule has 0 aliphatic carbocycles. The Morgan fingerprint density at radius 3 is 1.11 bits per heavy atom. The second kappa shape index (κ2) is 23.6. The first-order valence-corrected chi connectivity index (χ1v) is 24.6. The summed E-state index contributed by atoms with van der Waals surface area (Å²) in [5.41, 5.74) is 11.3. The average Bonchev–Trinajstić information content (AvgIpc) is 3.20. The van der Waals surface area contributed by atoms with Gasteiger partial charge in [0.05, 0.1) is 23.0 Å². The van der Waals surface area contributed by atoms with Crippen LogP contribution >= 0.6 is 0 Å². The highest BCUT2D eigenvalue weighted by molar-refractivity contribution is 8.31. The molecule has 0 saturated carbocycles. The summed E-state index contributed by atoms with van der Waals surface area (Å²) in [6.07, 6.45) is 24.1. The molecule has 4 aromatic carbocycles. The van der Waals surface area contributed by atoms with Crippen molar-refractivity contribution in [1.29, 1.82) is 0 Å². The van der Waals surface area contributed by atoms with Crippen LogP contribution in [0.15, 0.2) is 70.5 Å². The third-order valence-electron chi connectivity index (χ3n) is 10.9. The lowest BCUT2D eigenvalue weighted by Gasteiger charge is -2.16. The summed E-state index contributed by atoms with van der Waals surface area (Å²) in [6, 6.07) is 16.6. The van der Waals surface area contributed by atoms with E-state index in [2.05, 4.69) is 18.6 Å². The summed E-state index contributed by atoms with van der Waals surface area (Å²) < 4.78 is 68.8. The molecule has 0 bridgehead atoms. The Bertz CT molecular complexity index is 2010. The Hall–Kier alpha value is -3.72. The molecule has 10 heteroatoms. The summed E-state index contributed by atoms with van der Waals surface area (Å²) in [6.45, 7) is 8.92. The SMILES string of the molecule is CCCCCCCCCCCCOc1c(C)cc(S(=O)(=O)C(=[N+]=[N-])S(=O)(=O)c2cc(C)c(OCCCCCCCCCCCC)c3ccccc23)c2ccccc12. The molecule has 0 heterocycles. The predicted octanol–water partition coefficient (Wildman–Crippen LogP) is 13.0. The Balaban J connectivity index is 1.49. The topological polar surface area (TPSA) is 123 Å². The van der Waals surface area contributed by atoms with E-state index in [-0.39, 0.29) is 20.6 Å². The fourth-order valence-corrected chi connectivity index (χ4v) is 11.6. The van der Waals surface area contributed by atoms with E-state index in [1.54, 1.807) is 62.4 Å². The minimum Gasteiger partial charge on any atom is -0.493 e. The van der Waals surface area contributed by atoms with Crippen molar-refractivity contribution in [1.82, 2.24) is 0 Å². The van der Waals surface area contributed by atoms with E-state index in [9.17, 15) is 22.4 Å². The number of hydrogen-bond acceptors (Lipinski definition) is 6. The highest BCUT2D eigenvalue weighted by Gasteiger charge is 2.46. The van der Waals surface area contributed by atoms with Crippen LogP contribution in [0.5, 0.6) is 11.5 Å². The van der Waals surface area contributed by atoms with E-state index in [0.29, 0.717) is 46.6 Å². The lowest BCUT2D eigenvalue weighted by molar-refractivity contribution is 0.00381. The molecule has 0 fully saturated rings. The first-order chi connectivity index (χ1) is 27.6. The van der Waals surface area contributed by atoms with Gasteiger partial charge >= 0.3 is 4.38 Å². The number of sulfone groups is 2. The minimum absolute atomic E-state index is 0.268. The van der Waals surface area contributed by atoms with Crippen LogP contribution in [0.1, 0.15) is 153 Å². The van der Waals surface area contributed by atoms with Crippen molar-refractivity contribution >= 4 is 45.6 Å². The van der Waals surface area contributed by atoms with Gasteiger partial charge in [0.15, 0.2) is 0 Å². The van der Waals surface area contributed by atoms with E-state index in [1.807, 2.05) is 0 Å². The number of ether oxygens (including phenoxy) is 2. The highest BCUT2D eigenvalue weighted by Crippen LogP contribution is 2.39. The van der Waals surface area contributed by atoms with Gasteiger partial charge < -0.3 is 15.0 Å². The lowest BCUT2D eigenvalue weighted by atomic mass is 10.1. The molecule has 312 valence electrons. The van der Waals surface area contributed by atoms with Crippen LogP contribution in [-0.2, 0) is 19.7 Å². The van der Waals surface area contributed by atoms with Crippen LogP contribution in [0.2, 0.25) is 0 Å². The zero-order chi connectivity index (χ0) is 41.1. The molecular formula is C47H66N2O6S2. The number of benzene rings is 4. The summed E-state index contributed by atoms with van der Waals surface area (Å²) in [7, 11) is -9.74. The fourth-order valence-electron chi connectivity index (χ4n) is 7.69.